The van der Waals surface area contributed by atoms with Gasteiger partial charge in [0.15, 0.2) is 5.11 Å². The van der Waals surface area contributed by atoms with Crippen molar-refractivity contribution in [3.8, 4) is 0 Å². The van der Waals surface area contributed by atoms with Crippen LogP contribution in [-0.2, 0) is 0 Å². The number of hydrogen-bond acceptors (Lipinski definition) is 2. The molecule has 86 valence electrons. The zero-order valence-electron chi connectivity index (χ0n) is 9.62. The van der Waals surface area contributed by atoms with Crippen LogP contribution in [0.3, 0.4) is 0 Å². The molecule has 1 saturated heterocycles. The fraction of sp³-hybridized carbons (Fsp3) is 0.909. The van der Waals surface area contributed by atoms with Crippen molar-refractivity contribution in [2.75, 3.05) is 13.3 Å². The molecule has 1 heterocycles. The highest BCUT2D eigenvalue weighted by molar-refractivity contribution is 7.80. The van der Waals surface area contributed by atoms with Gasteiger partial charge < -0.3 is 10.6 Å². The summed E-state index contributed by atoms with van der Waals surface area (Å²) >= 11 is 5.06. The molecule has 2 fully saturated rings. The molecule has 15 heavy (non-hydrogen) atoms. The van der Waals surface area contributed by atoms with Crippen molar-refractivity contribution in [1.82, 2.24) is 15.5 Å². The first-order chi connectivity index (χ1) is 7.18. The molecule has 0 unspecified atom stereocenters. The average molecular weight is 227 g/mol. The SMILES string of the molecule is C[C@H]1[C@H](N2CNC(=S)NC2)CCC[C@@H]1C. The predicted octanol–water partition coefficient (Wildman–Crippen LogP) is 1.51. The minimum atomic E-state index is 0.719. The lowest BCUT2D eigenvalue weighted by atomic mass is 9.77. The Labute approximate surface area is 97.6 Å². The molecular weight excluding hydrogens is 206 g/mol. The average Bonchev–Trinajstić information content (AvgIpc) is 2.24. The van der Waals surface area contributed by atoms with E-state index in [-0.39, 0.29) is 0 Å². The Hall–Kier alpha value is -0.350. The van der Waals surface area contributed by atoms with E-state index >= 15 is 0 Å². The van der Waals surface area contributed by atoms with Gasteiger partial charge in [0.25, 0.3) is 0 Å². The van der Waals surface area contributed by atoms with Crippen molar-refractivity contribution in [3.63, 3.8) is 0 Å². The van der Waals surface area contributed by atoms with Gasteiger partial charge in [-0.25, -0.2) is 0 Å². The van der Waals surface area contributed by atoms with Gasteiger partial charge in [0.2, 0.25) is 0 Å². The quantitative estimate of drug-likeness (QED) is 0.664. The molecule has 0 aromatic carbocycles. The van der Waals surface area contributed by atoms with Crippen LogP contribution in [0.1, 0.15) is 33.1 Å². The number of hydrogen-bond donors (Lipinski definition) is 2. The second-order valence-electron chi connectivity index (χ2n) is 4.92. The molecule has 2 N–H and O–H groups in total. The monoisotopic (exact) mass is 227 g/mol. The van der Waals surface area contributed by atoms with Crippen molar-refractivity contribution >= 4 is 17.3 Å². The molecule has 3 atom stereocenters. The molecular formula is C11H21N3S. The van der Waals surface area contributed by atoms with Crippen LogP contribution in [0.5, 0.6) is 0 Å². The molecule has 2 aliphatic rings. The van der Waals surface area contributed by atoms with Crippen LogP contribution in [0.4, 0.5) is 0 Å². The fourth-order valence-electron chi connectivity index (χ4n) is 2.77. The Morgan fingerprint density at radius 3 is 2.53 bits per heavy atom. The lowest BCUT2D eigenvalue weighted by Gasteiger charge is -2.43. The number of nitrogens with zero attached hydrogens (tertiary/aromatic N) is 1. The van der Waals surface area contributed by atoms with E-state index in [0.717, 1.165) is 36.3 Å². The smallest absolute Gasteiger partial charge is 0.168 e. The van der Waals surface area contributed by atoms with Crippen LogP contribution < -0.4 is 10.6 Å². The van der Waals surface area contributed by atoms with Crippen LogP contribution in [0.15, 0.2) is 0 Å². The third-order valence-corrected chi connectivity index (χ3v) is 4.31. The van der Waals surface area contributed by atoms with Crippen LogP contribution in [0.2, 0.25) is 0 Å². The number of rotatable bonds is 1. The van der Waals surface area contributed by atoms with Gasteiger partial charge in [-0.3, -0.25) is 4.90 Å². The molecule has 0 aromatic rings. The normalized spacial score (nSPS) is 38.3. The third kappa shape index (κ3) is 2.42. The Kier molecular flexibility index (Phi) is 3.46. The Balaban J connectivity index is 1.94. The lowest BCUT2D eigenvalue weighted by molar-refractivity contribution is 0.0696. The lowest BCUT2D eigenvalue weighted by Crippen LogP contribution is -2.59. The molecule has 1 aliphatic carbocycles. The van der Waals surface area contributed by atoms with Crippen molar-refractivity contribution in [1.29, 1.82) is 0 Å². The predicted molar refractivity (Wildman–Crippen MR) is 66.4 cm³/mol. The van der Waals surface area contributed by atoms with Crippen molar-refractivity contribution in [2.24, 2.45) is 11.8 Å². The van der Waals surface area contributed by atoms with Gasteiger partial charge >= 0.3 is 0 Å². The van der Waals surface area contributed by atoms with Crippen LogP contribution >= 0.6 is 12.2 Å². The molecule has 4 heteroatoms. The maximum absolute atomic E-state index is 5.06. The summed E-state index contributed by atoms with van der Waals surface area (Å²) in [5, 5.41) is 7.22. The van der Waals surface area contributed by atoms with Gasteiger partial charge in [0, 0.05) is 6.04 Å². The zero-order chi connectivity index (χ0) is 10.8. The number of thiocarbonyl (C=S) groups is 1. The first-order valence-electron chi connectivity index (χ1n) is 5.94. The molecule has 0 aromatic heterocycles. The molecule has 0 spiro atoms. The van der Waals surface area contributed by atoms with Crippen LogP contribution in [-0.4, -0.2) is 29.4 Å². The standard InChI is InChI=1S/C11H21N3S/c1-8-4-3-5-10(9(8)2)14-6-12-11(15)13-7-14/h8-10H,3-7H2,1-2H3,(H2,12,13,15)/t8-,9+,10+/m0/s1. The largest absolute Gasteiger partial charge is 0.350 e. The van der Waals surface area contributed by atoms with Gasteiger partial charge in [-0.1, -0.05) is 26.7 Å². The molecule has 1 aliphatic heterocycles. The first kappa shape index (κ1) is 11.1. The van der Waals surface area contributed by atoms with E-state index in [0.29, 0.717) is 0 Å². The molecule has 2 rings (SSSR count). The summed E-state index contributed by atoms with van der Waals surface area (Å²) < 4.78 is 0. The summed E-state index contributed by atoms with van der Waals surface area (Å²) in [5.74, 6) is 1.66. The Bertz CT molecular complexity index is 234. The fourth-order valence-corrected chi connectivity index (χ4v) is 2.90. The Morgan fingerprint density at radius 2 is 1.87 bits per heavy atom. The van der Waals surface area contributed by atoms with Gasteiger partial charge in [-0.15, -0.1) is 0 Å². The van der Waals surface area contributed by atoms with Gasteiger partial charge in [-0.05, 0) is 30.5 Å². The maximum atomic E-state index is 5.06. The highest BCUT2D eigenvalue weighted by Gasteiger charge is 2.32. The zero-order valence-corrected chi connectivity index (χ0v) is 10.4. The van der Waals surface area contributed by atoms with E-state index in [9.17, 15) is 0 Å². The first-order valence-corrected chi connectivity index (χ1v) is 6.35. The van der Waals surface area contributed by atoms with E-state index < -0.39 is 0 Å². The number of nitrogens with one attached hydrogen (secondary N) is 2. The second kappa shape index (κ2) is 4.66. The molecule has 3 nitrogen and oxygen atoms in total. The summed E-state index contributed by atoms with van der Waals surface area (Å²) in [6, 6.07) is 0.719. The summed E-state index contributed by atoms with van der Waals surface area (Å²) in [4.78, 5) is 2.48. The maximum Gasteiger partial charge on any atom is 0.168 e. The van der Waals surface area contributed by atoms with Crippen LogP contribution in [0.25, 0.3) is 0 Å². The third-order valence-electron chi connectivity index (χ3n) is 4.02. The molecule has 1 saturated carbocycles. The molecule has 0 amide bonds. The minimum Gasteiger partial charge on any atom is -0.350 e. The van der Waals surface area contributed by atoms with Gasteiger partial charge in [0.1, 0.15) is 0 Å². The van der Waals surface area contributed by atoms with E-state index in [4.69, 9.17) is 12.2 Å². The van der Waals surface area contributed by atoms with E-state index in [1.165, 1.54) is 19.3 Å². The summed E-state index contributed by atoms with van der Waals surface area (Å²) in [7, 11) is 0. The highest BCUT2D eigenvalue weighted by atomic mass is 32.1. The Morgan fingerprint density at radius 1 is 1.20 bits per heavy atom. The highest BCUT2D eigenvalue weighted by Crippen LogP contribution is 2.32. The topological polar surface area (TPSA) is 27.3 Å². The van der Waals surface area contributed by atoms with Crippen molar-refractivity contribution in [3.05, 3.63) is 0 Å². The molecule has 0 bridgehead atoms. The van der Waals surface area contributed by atoms with Gasteiger partial charge in [0.05, 0.1) is 13.3 Å². The van der Waals surface area contributed by atoms with E-state index in [1.807, 2.05) is 0 Å². The van der Waals surface area contributed by atoms with E-state index in [2.05, 4.69) is 29.4 Å². The second-order valence-corrected chi connectivity index (χ2v) is 5.33. The van der Waals surface area contributed by atoms with Crippen molar-refractivity contribution in [2.45, 2.75) is 39.2 Å². The summed E-state index contributed by atoms with van der Waals surface area (Å²) in [5.41, 5.74) is 0. The summed E-state index contributed by atoms with van der Waals surface area (Å²) in [6.45, 7) is 6.59. The molecule has 0 radical (unpaired) electrons. The van der Waals surface area contributed by atoms with Crippen LogP contribution in [0, 0.1) is 11.8 Å². The minimum absolute atomic E-state index is 0.719. The van der Waals surface area contributed by atoms with Crippen molar-refractivity contribution < 1.29 is 0 Å². The summed E-state index contributed by atoms with van der Waals surface area (Å²) in [6.07, 6.45) is 4.10. The van der Waals surface area contributed by atoms with E-state index in [1.54, 1.807) is 0 Å². The van der Waals surface area contributed by atoms with Gasteiger partial charge in [-0.2, -0.15) is 0 Å².